The van der Waals surface area contributed by atoms with E-state index in [2.05, 4.69) is 32.7 Å². The minimum Gasteiger partial charge on any atom is -0.294 e. The molecule has 0 radical (unpaired) electrons. The van der Waals surface area contributed by atoms with Crippen LogP contribution in [-0.4, -0.2) is 20.4 Å². The number of hydrogen-bond acceptors (Lipinski definition) is 3. The van der Waals surface area contributed by atoms with Crippen molar-refractivity contribution in [1.82, 2.24) is 14.6 Å². The standard InChI is InChI=1S/C14H10IN3O/c15-11-3-1-10(2-4-11)7-14(19)12-8-17-18-6-5-16-9-13(12)18/h1-6,8-9H,7H2. The van der Waals surface area contributed by atoms with Crippen LogP contribution < -0.4 is 0 Å². The Labute approximate surface area is 123 Å². The average Bonchev–Trinajstić information content (AvgIpc) is 2.85. The number of benzene rings is 1. The maximum Gasteiger partial charge on any atom is 0.171 e. The second kappa shape index (κ2) is 5.08. The van der Waals surface area contributed by atoms with Gasteiger partial charge < -0.3 is 0 Å². The van der Waals surface area contributed by atoms with Gasteiger partial charge in [0.15, 0.2) is 5.78 Å². The molecule has 3 aromatic rings. The highest BCUT2D eigenvalue weighted by atomic mass is 127. The zero-order chi connectivity index (χ0) is 13.2. The molecule has 5 heteroatoms. The highest BCUT2D eigenvalue weighted by molar-refractivity contribution is 14.1. The Morgan fingerprint density at radius 3 is 2.79 bits per heavy atom. The van der Waals surface area contributed by atoms with Gasteiger partial charge in [0.05, 0.1) is 23.5 Å². The maximum atomic E-state index is 12.3. The number of rotatable bonds is 3. The molecule has 0 aliphatic carbocycles. The maximum absolute atomic E-state index is 12.3. The minimum atomic E-state index is 0.0595. The topological polar surface area (TPSA) is 47.3 Å². The summed E-state index contributed by atoms with van der Waals surface area (Å²) in [7, 11) is 0. The molecule has 0 spiro atoms. The molecule has 4 nitrogen and oxygen atoms in total. The van der Waals surface area contributed by atoms with Crippen LogP contribution >= 0.6 is 22.6 Å². The van der Waals surface area contributed by atoms with Crippen molar-refractivity contribution in [1.29, 1.82) is 0 Å². The van der Waals surface area contributed by atoms with E-state index in [1.165, 1.54) is 0 Å². The Morgan fingerprint density at radius 1 is 1.21 bits per heavy atom. The summed E-state index contributed by atoms with van der Waals surface area (Å²) in [6.45, 7) is 0. The fourth-order valence-corrected chi connectivity index (χ4v) is 2.29. The predicted octanol–water partition coefficient (Wildman–Crippen LogP) is 2.76. The molecule has 0 fully saturated rings. The lowest BCUT2D eigenvalue weighted by molar-refractivity contribution is 0.0994. The highest BCUT2D eigenvalue weighted by Crippen LogP contribution is 2.14. The highest BCUT2D eigenvalue weighted by Gasteiger charge is 2.13. The third kappa shape index (κ3) is 2.51. The zero-order valence-electron chi connectivity index (χ0n) is 9.95. The van der Waals surface area contributed by atoms with Crippen LogP contribution in [0.2, 0.25) is 0 Å². The van der Waals surface area contributed by atoms with E-state index >= 15 is 0 Å². The summed E-state index contributed by atoms with van der Waals surface area (Å²) in [5.74, 6) is 0.0595. The average molecular weight is 363 g/mol. The second-order valence-electron chi connectivity index (χ2n) is 4.19. The molecule has 0 saturated heterocycles. The molecule has 2 aromatic heterocycles. The zero-order valence-corrected chi connectivity index (χ0v) is 12.1. The number of halogens is 1. The summed E-state index contributed by atoms with van der Waals surface area (Å²) >= 11 is 2.25. The monoisotopic (exact) mass is 363 g/mol. The summed E-state index contributed by atoms with van der Waals surface area (Å²) in [4.78, 5) is 16.3. The summed E-state index contributed by atoms with van der Waals surface area (Å²) in [6, 6.07) is 7.95. The van der Waals surface area contributed by atoms with Crippen LogP contribution in [-0.2, 0) is 6.42 Å². The first-order valence-electron chi connectivity index (χ1n) is 5.79. The normalized spacial score (nSPS) is 10.8. The van der Waals surface area contributed by atoms with Gasteiger partial charge in [-0.2, -0.15) is 5.10 Å². The van der Waals surface area contributed by atoms with Crippen molar-refractivity contribution in [2.24, 2.45) is 0 Å². The van der Waals surface area contributed by atoms with Crippen LogP contribution in [0.5, 0.6) is 0 Å². The van der Waals surface area contributed by atoms with E-state index < -0.39 is 0 Å². The van der Waals surface area contributed by atoms with Crippen LogP contribution in [0, 0.1) is 3.57 Å². The number of carbonyl (C=O) groups is 1. The van der Waals surface area contributed by atoms with Gasteiger partial charge >= 0.3 is 0 Å². The molecule has 0 amide bonds. The van der Waals surface area contributed by atoms with Crippen molar-refractivity contribution in [3.63, 3.8) is 0 Å². The number of fused-ring (bicyclic) bond motifs is 1. The van der Waals surface area contributed by atoms with Crippen molar-refractivity contribution in [3.8, 4) is 0 Å². The van der Waals surface area contributed by atoms with Crippen LogP contribution in [0.1, 0.15) is 15.9 Å². The second-order valence-corrected chi connectivity index (χ2v) is 5.44. The van der Waals surface area contributed by atoms with Crippen LogP contribution in [0.4, 0.5) is 0 Å². The molecule has 0 atom stereocenters. The van der Waals surface area contributed by atoms with Crippen molar-refractivity contribution >= 4 is 33.9 Å². The fourth-order valence-electron chi connectivity index (χ4n) is 1.93. The van der Waals surface area contributed by atoms with Gasteiger partial charge in [-0.3, -0.25) is 9.78 Å². The Kier molecular flexibility index (Phi) is 3.29. The van der Waals surface area contributed by atoms with E-state index in [1.54, 1.807) is 29.3 Å². The molecule has 2 heterocycles. The number of Topliss-reactive ketones (excluding diaryl/α,β-unsaturated/α-hetero) is 1. The molecule has 19 heavy (non-hydrogen) atoms. The van der Waals surface area contributed by atoms with Gasteiger partial charge in [0, 0.05) is 22.4 Å². The molecule has 1 aromatic carbocycles. The van der Waals surface area contributed by atoms with E-state index in [0.29, 0.717) is 12.0 Å². The van der Waals surface area contributed by atoms with Crippen molar-refractivity contribution in [2.75, 3.05) is 0 Å². The largest absolute Gasteiger partial charge is 0.294 e. The molecule has 0 saturated carbocycles. The Morgan fingerprint density at radius 2 is 2.00 bits per heavy atom. The first kappa shape index (κ1) is 12.3. The third-order valence-corrected chi connectivity index (χ3v) is 3.62. The van der Waals surface area contributed by atoms with E-state index in [0.717, 1.165) is 14.7 Å². The molecule has 0 bridgehead atoms. The van der Waals surface area contributed by atoms with Gasteiger partial charge in [0.1, 0.15) is 0 Å². The number of aromatic nitrogens is 3. The Hall–Kier alpha value is -1.76. The van der Waals surface area contributed by atoms with E-state index in [9.17, 15) is 4.79 Å². The predicted molar refractivity (Wildman–Crippen MR) is 80.2 cm³/mol. The summed E-state index contributed by atoms with van der Waals surface area (Å²) in [6.07, 6.45) is 7.03. The first-order chi connectivity index (χ1) is 9.24. The van der Waals surface area contributed by atoms with Crippen LogP contribution in [0.3, 0.4) is 0 Å². The van der Waals surface area contributed by atoms with Gasteiger partial charge in [0.2, 0.25) is 0 Å². The van der Waals surface area contributed by atoms with E-state index in [-0.39, 0.29) is 5.78 Å². The molecule has 0 aliphatic rings. The van der Waals surface area contributed by atoms with Crippen LogP contribution in [0.15, 0.2) is 49.1 Å². The molecule has 0 aliphatic heterocycles. The Balaban J connectivity index is 1.90. The third-order valence-electron chi connectivity index (χ3n) is 2.90. The summed E-state index contributed by atoms with van der Waals surface area (Å²) in [5, 5.41) is 4.15. The van der Waals surface area contributed by atoms with Crippen LogP contribution in [0.25, 0.3) is 5.52 Å². The van der Waals surface area contributed by atoms with E-state index in [4.69, 9.17) is 0 Å². The van der Waals surface area contributed by atoms with Gasteiger partial charge in [-0.1, -0.05) is 12.1 Å². The number of carbonyl (C=O) groups excluding carboxylic acids is 1. The molecule has 94 valence electrons. The lowest BCUT2D eigenvalue weighted by atomic mass is 10.0. The van der Waals surface area contributed by atoms with Crippen molar-refractivity contribution < 1.29 is 4.79 Å². The SMILES string of the molecule is O=C(Cc1ccc(I)cc1)c1cnn2ccncc12. The molecular weight excluding hydrogens is 353 g/mol. The Bertz CT molecular complexity index is 734. The quantitative estimate of drug-likeness (QED) is 0.531. The summed E-state index contributed by atoms with van der Waals surface area (Å²) < 4.78 is 2.82. The lowest BCUT2D eigenvalue weighted by Crippen LogP contribution is -2.03. The van der Waals surface area contributed by atoms with Gasteiger partial charge in [-0.15, -0.1) is 0 Å². The smallest absolute Gasteiger partial charge is 0.171 e. The lowest BCUT2D eigenvalue weighted by Gasteiger charge is -2.00. The van der Waals surface area contributed by atoms with Gasteiger partial charge in [0.25, 0.3) is 0 Å². The molecule has 3 rings (SSSR count). The van der Waals surface area contributed by atoms with E-state index in [1.807, 2.05) is 24.3 Å². The van der Waals surface area contributed by atoms with Gasteiger partial charge in [-0.25, -0.2) is 4.52 Å². The molecule has 0 N–H and O–H groups in total. The fraction of sp³-hybridized carbons (Fsp3) is 0.0714. The number of nitrogens with zero attached hydrogens (tertiary/aromatic N) is 3. The first-order valence-corrected chi connectivity index (χ1v) is 6.87. The summed E-state index contributed by atoms with van der Waals surface area (Å²) in [5.41, 5.74) is 2.37. The molecular formula is C14H10IN3O. The van der Waals surface area contributed by atoms with Crippen molar-refractivity contribution in [3.05, 3.63) is 63.7 Å². The number of ketones is 1. The number of hydrogen-bond donors (Lipinski definition) is 0. The molecule has 0 unspecified atom stereocenters. The van der Waals surface area contributed by atoms with Crippen molar-refractivity contribution in [2.45, 2.75) is 6.42 Å². The van der Waals surface area contributed by atoms with Gasteiger partial charge in [-0.05, 0) is 40.3 Å². The minimum absolute atomic E-state index is 0.0595.